The molecule has 0 heterocycles. The fraction of sp³-hybridized carbons (Fsp3) is 0.833. The van der Waals surface area contributed by atoms with Crippen molar-refractivity contribution in [2.75, 3.05) is 135 Å². The van der Waals surface area contributed by atoms with Gasteiger partial charge in [-0.1, -0.05) is 29.5 Å². The van der Waals surface area contributed by atoms with Gasteiger partial charge in [-0.3, -0.25) is 18.2 Å². The Labute approximate surface area is 427 Å². The van der Waals surface area contributed by atoms with Gasteiger partial charge < -0.3 is 58.2 Å². The van der Waals surface area contributed by atoms with Crippen molar-refractivity contribution in [3.63, 3.8) is 0 Å². The zero-order chi connectivity index (χ0) is 53.0. The molecular formula is C24H61NO22P8S4Se4-6. The van der Waals surface area contributed by atoms with Crippen LogP contribution < -0.4 is 14.7 Å². The summed E-state index contributed by atoms with van der Waals surface area (Å²) in [4.78, 5) is 30.7. The van der Waals surface area contributed by atoms with Crippen LogP contribution in [0.2, 0.25) is 0 Å². The predicted octanol–water partition coefficient (Wildman–Crippen LogP) is 3.81. The van der Waals surface area contributed by atoms with Gasteiger partial charge in [0.25, 0.3) is 7.82 Å². The molecule has 0 rings (SSSR count). The summed E-state index contributed by atoms with van der Waals surface area (Å²) in [5, 5.41) is -1.95. The quantitative estimate of drug-likeness (QED) is 0.0867. The summed E-state index contributed by atoms with van der Waals surface area (Å²) in [7, 11) is 15.6. The van der Waals surface area contributed by atoms with Crippen LogP contribution in [0.5, 0.6) is 0 Å². The predicted molar refractivity (Wildman–Crippen MR) is 264 cm³/mol. The van der Waals surface area contributed by atoms with E-state index >= 15 is 0 Å². The van der Waals surface area contributed by atoms with Crippen LogP contribution in [-0.4, -0.2) is 200 Å². The van der Waals surface area contributed by atoms with Crippen LogP contribution in [0.3, 0.4) is 0 Å². The standard InChI is InChI=1S/C5H4.C4H12NO3P.C3H9O3P.C2H7O4P.C2H7O3PS.C2H7O3PSe.C2H7O2PS2.C2H7O2PSSe.C2H7O2PSe2/c1-3-5-4-2;1-5(2)9(6,7-3)8-4;2*1-5-7(3,4)6-2;2*1-4-6(3,7)5-2;3*1-3-5(6,7)4-2/h1H,2H3;1-4H3;1-3H3;1-2H3,(H,3,4);2*1-2H3,(H,3,7);3*1-2H3,(H,6,7)/p-6. The number of phosphoric acid groups is 1. The van der Waals surface area contributed by atoms with Crippen molar-refractivity contribution in [3.05, 3.63) is 0 Å². The van der Waals surface area contributed by atoms with E-state index in [0.717, 1.165) is 14.2 Å². The van der Waals surface area contributed by atoms with Crippen LogP contribution in [0.1, 0.15) is 6.92 Å². The molecular weight excluding hydrogens is 1350 g/mol. The summed E-state index contributed by atoms with van der Waals surface area (Å²) >= 11 is 28.7. The van der Waals surface area contributed by atoms with E-state index in [2.05, 4.69) is 169 Å². The Bertz CT molecular complexity index is 1310. The Kier molecular flexibility index (Phi) is 70.9. The van der Waals surface area contributed by atoms with Crippen molar-refractivity contribution >= 4 is 161 Å². The number of nitrogens with zero attached hydrogens (tertiary/aromatic N) is 1. The van der Waals surface area contributed by atoms with Crippen LogP contribution in [0.15, 0.2) is 0 Å². The van der Waals surface area contributed by atoms with Gasteiger partial charge in [0.05, 0.1) is 5.69 Å². The van der Waals surface area contributed by atoms with E-state index in [4.69, 9.17) is 36.8 Å². The van der Waals surface area contributed by atoms with Gasteiger partial charge in [0.1, 0.15) is 6.72 Å². The molecule has 0 radical (unpaired) electrons. The molecule has 0 spiro atoms. The minimum absolute atomic E-state index is 1.04. The van der Waals surface area contributed by atoms with Crippen LogP contribution in [0.4, 0.5) is 0 Å². The zero-order valence-corrected chi connectivity index (χ0v) is 55.6. The van der Waals surface area contributed by atoms with Crippen molar-refractivity contribution in [1.29, 1.82) is 0 Å². The molecule has 0 aromatic carbocycles. The maximum atomic E-state index is 11.1. The monoisotopic (exact) mass is 1410 g/mol. The normalized spacial score (nSPS) is 11.3. The van der Waals surface area contributed by atoms with E-state index in [1.165, 1.54) is 96.7 Å². The summed E-state index contributed by atoms with van der Waals surface area (Å²) in [6, 6.07) is 0. The van der Waals surface area contributed by atoms with Gasteiger partial charge in [-0.05, 0) is 32.9 Å². The van der Waals surface area contributed by atoms with Gasteiger partial charge >= 0.3 is 179 Å². The Balaban J connectivity index is -0.0000000746. The molecule has 0 fully saturated rings. The third kappa shape index (κ3) is 75.5. The second-order valence-corrected chi connectivity index (χ2v) is 46.0. The second kappa shape index (κ2) is 51.3. The molecule has 0 aromatic heterocycles. The minimum atomic E-state index is -3.90. The molecule has 0 aliphatic heterocycles. The molecule has 0 saturated heterocycles. The third-order valence-electron chi connectivity index (χ3n) is 4.50. The molecule has 0 unspecified atom stereocenters. The third-order valence-corrected chi connectivity index (χ3v) is 24.2. The first kappa shape index (κ1) is 87.1. The van der Waals surface area contributed by atoms with E-state index in [9.17, 15) is 28.4 Å². The van der Waals surface area contributed by atoms with Crippen LogP contribution in [0.25, 0.3) is 0 Å². The first-order chi connectivity index (χ1) is 28.3. The van der Waals surface area contributed by atoms with Crippen LogP contribution >= 0.6 is 51.6 Å². The number of terminal acetylenes is 1. The van der Waals surface area contributed by atoms with E-state index in [1.807, 2.05) is 0 Å². The fourth-order valence-electron chi connectivity index (χ4n) is 0.995. The van der Waals surface area contributed by atoms with E-state index < -0.39 is 51.6 Å². The summed E-state index contributed by atoms with van der Waals surface area (Å²) in [5.41, 5.74) is -2.24. The van der Waals surface area contributed by atoms with Crippen molar-refractivity contribution in [2.45, 2.75) is 6.92 Å². The zero-order valence-electron chi connectivity index (χ0n) is 38.3. The van der Waals surface area contributed by atoms with Gasteiger partial charge in [-0.15, -0.1) is 6.42 Å². The molecule has 0 atom stereocenters. The first-order valence-corrected chi connectivity index (χ1v) is 40.7. The number of hydrogen-bond acceptors (Lipinski definition) is 26. The Morgan fingerprint density at radius 2 is 0.889 bits per heavy atom. The molecule has 0 amide bonds. The van der Waals surface area contributed by atoms with Crippen molar-refractivity contribution in [2.24, 2.45) is 0 Å². The molecule has 23 nitrogen and oxygen atoms in total. The Morgan fingerprint density at radius 3 is 0.889 bits per heavy atom. The van der Waals surface area contributed by atoms with Crippen molar-refractivity contribution in [1.82, 2.24) is 4.67 Å². The van der Waals surface area contributed by atoms with Gasteiger partial charge in [0.2, 0.25) is 0 Å². The molecule has 0 saturated carbocycles. The summed E-state index contributed by atoms with van der Waals surface area (Å²) in [6.07, 6.45) is 1.94. The molecule has 0 N–H and O–H groups in total. The number of phosphoric ester groups is 1. The van der Waals surface area contributed by atoms with Crippen molar-refractivity contribution < 1.29 is 101 Å². The molecule has 0 aliphatic carbocycles. The molecule has 63 heavy (non-hydrogen) atoms. The summed E-state index contributed by atoms with van der Waals surface area (Å²) in [5.74, 6) is 7.08. The average Bonchev–Trinajstić information content (AvgIpc) is 3.27. The number of rotatable bonds is 17. The Morgan fingerprint density at radius 1 is 0.571 bits per heavy atom. The van der Waals surface area contributed by atoms with Crippen LogP contribution in [0, 0.1) is 24.2 Å². The average molecular weight is 1410 g/mol. The molecule has 39 heteroatoms. The summed E-state index contributed by atoms with van der Waals surface area (Å²) < 4.78 is 103. The Hall–Kier alpha value is 4.38. The second-order valence-electron chi connectivity index (χ2n) is 8.21. The molecule has 0 aliphatic rings. The maximum absolute atomic E-state index is 11.1. The van der Waals surface area contributed by atoms with Gasteiger partial charge in [0.15, 0.2) is 0 Å². The molecule has 0 bridgehead atoms. The van der Waals surface area contributed by atoms with E-state index in [0.29, 0.717) is 0 Å². The summed E-state index contributed by atoms with van der Waals surface area (Å²) in [6.45, 7) is 0.0469. The first-order valence-electron chi connectivity index (χ1n) is 14.8. The van der Waals surface area contributed by atoms with Gasteiger partial charge in [-0.25, -0.2) is 9.24 Å². The molecule has 388 valence electrons. The van der Waals surface area contributed by atoms with E-state index in [1.54, 1.807) is 35.2 Å². The van der Waals surface area contributed by atoms with E-state index in [-0.39, 0.29) is 0 Å². The van der Waals surface area contributed by atoms with Gasteiger partial charge in [-0.2, -0.15) is 0 Å². The molecule has 0 aromatic rings. The SMILES string of the molecule is C#CC#CC.COP(=O)(OC)N(C)C.COP(=O)([O-])OC.COP(=S)([S-])OC.COP(=[Se])([Se-])OC.COP(C)(=O)OC.COP([O-])(=S)OC.COP([O-])(=[Se])OC.COP([S-])(=[Se])OC. The fourth-order valence-corrected chi connectivity index (χ4v) is 2.84. The van der Waals surface area contributed by atoms with Gasteiger partial charge in [0, 0.05) is 77.8 Å². The van der Waals surface area contributed by atoms with Crippen molar-refractivity contribution in [3.8, 4) is 24.2 Å². The van der Waals surface area contributed by atoms with Crippen LogP contribution in [-0.2, 0) is 134 Å². The topological polar surface area (TPSA) is 271 Å². The number of hydrogen-bond donors (Lipinski definition) is 0.